The molecule has 1 heterocycles. The first-order valence-electron chi connectivity index (χ1n) is 5.77. The van der Waals surface area contributed by atoms with Gasteiger partial charge in [-0.05, 0) is 13.8 Å². The highest BCUT2D eigenvalue weighted by molar-refractivity contribution is 5.83. The van der Waals surface area contributed by atoms with E-state index < -0.39 is 29.7 Å². The van der Waals surface area contributed by atoms with Crippen molar-refractivity contribution in [3.05, 3.63) is 0 Å². The molecule has 1 fully saturated rings. The number of likely N-dealkylation sites (tertiary alicyclic amines) is 1. The summed E-state index contributed by atoms with van der Waals surface area (Å²) in [4.78, 5) is 24.0. The van der Waals surface area contributed by atoms with Crippen molar-refractivity contribution < 1.29 is 24.5 Å². The molecule has 0 aromatic carbocycles. The van der Waals surface area contributed by atoms with Gasteiger partial charge < -0.3 is 25.2 Å². The molecule has 0 spiro atoms. The zero-order chi connectivity index (χ0) is 13.9. The van der Waals surface area contributed by atoms with Gasteiger partial charge in [0.2, 0.25) is 0 Å². The highest BCUT2D eigenvalue weighted by Crippen LogP contribution is 2.18. The minimum atomic E-state index is -1.10. The minimum absolute atomic E-state index is 0.0379. The van der Waals surface area contributed by atoms with Gasteiger partial charge in [-0.1, -0.05) is 0 Å². The van der Waals surface area contributed by atoms with Gasteiger partial charge in [0.1, 0.15) is 6.04 Å². The van der Waals surface area contributed by atoms with Crippen molar-refractivity contribution in [1.82, 2.24) is 10.2 Å². The molecule has 2 atom stereocenters. The molecule has 0 aromatic heterocycles. The van der Waals surface area contributed by atoms with E-state index in [-0.39, 0.29) is 19.5 Å². The first-order chi connectivity index (χ1) is 8.26. The Morgan fingerprint density at radius 1 is 1.50 bits per heavy atom. The number of carbonyl (C=O) groups is 2. The van der Waals surface area contributed by atoms with E-state index >= 15 is 0 Å². The number of carboxylic acid groups (broad SMARTS) is 1. The van der Waals surface area contributed by atoms with Crippen LogP contribution in [0.3, 0.4) is 0 Å². The average Bonchev–Trinajstić information content (AvgIpc) is 2.68. The maximum atomic E-state index is 11.9. The number of aliphatic carboxylic acids is 1. The fourth-order valence-corrected chi connectivity index (χ4v) is 1.73. The molecule has 0 unspecified atom stereocenters. The van der Waals surface area contributed by atoms with Gasteiger partial charge in [-0.15, -0.1) is 0 Å². The van der Waals surface area contributed by atoms with Crippen molar-refractivity contribution in [3.8, 4) is 0 Å². The Morgan fingerprint density at radius 2 is 2.11 bits per heavy atom. The monoisotopic (exact) mass is 260 g/mol. The van der Waals surface area contributed by atoms with Gasteiger partial charge >= 0.3 is 12.0 Å². The maximum Gasteiger partial charge on any atom is 0.326 e. The van der Waals surface area contributed by atoms with Gasteiger partial charge in [-0.25, -0.2) is 9.59 Å². The molecule has 3 N–H and O–H groups in total. The number of hydrogen-bond donors (Lipinski definition) is 3. The molecule has 7 heteroatoms. The molecule has 1 aliphatic heterocycles. The summed E-state index contributed by atoms with van der Waals surface area (Å²) < 4.78 is 5.15. The Labute approximate surface area is 106 Å². The number of aliphatic hydroxyl groups is 1. The second kappa shape index (κ2) is 5.53. The van der Waals surface area contributed by atoms with E-state index in [0.717, 1.165) is 4.90 Å². The largest absolute Gasteiger partial charge is 0.480 e. The molecule has 1 aliphatic rings. The van der Waals surface area contributed by atoms with Gasteiger partial charge in [0.15, 0.2) is 0 Å². The van der Waals surface area contributed by atoms with E-state index in [9.17, 15) is 14.7 Å². The highest BCUT2D eigenvalue weighted by Gasteiger charge is 2.39. The van der Waals surface area contributed by atoms with Crippen LogP contribution in [0, 0.1) is 0 Å². The lowest BCUT2D eigenvalue weighted by Crippen LogP contribution is -2.49. The molecule has 0 bridgehead atoms. The Morgan fingerprint density at radius 3 is 2.61 bits per heavy atom. The van der Waals surface area contributed by atoms with E-state index in [2.05, 4.69) is 5.32 Å². The van der Waals surface area contributed by atoms with Crippen molar-refractivity contribution in [3.63, 3.8) is 0 Å². The second-order valence-corrected chi connectivity index (χ2v) is 5.02. The van der Waals surface area contributed by atoms with Crippen LogP contribution in [0.5, 0.6) is 0 Å². The van der Waals surface area contributed by atoms with E-state index in [1.54, 1.807) is 13.8 Å². The zero-order valence-corrected chi connectivity index (χ0v) is 10.8. The number of ether oxygens (including phenoxy) is 1. The third-order valence-electron chi connectivity index (χ3n) is 3.04. The van der Waals surface area contributed by atoms with Crippen LogP contribution in [0.15, 0.2) is 0 Å². The SMILES string of the molecule is COC(C)(C)CNC(=O)N1C[C@H](O)C[C@H]1C(=O)O. The van der Waals surface area contributed by atoms with E-state index in [1.165, 1.54) is 7.11 Å². The number of β-amino-alcohol motifs (C(OH)–C–C–N with tert-alkyl or cyclic N) is 1. The lowest BCUT2D eigenvalue weighted by atomic mass is 10.1. The normalized spacial score (nSPS) is 24.1. The fraction of sp³-hybridized carbons (Fsp3) is 0.818. The predicted molar refractivity (Wildman–Crippen MR) is 63.2 cm³/mol. The number of hydrogen-bond acceptors (Lipinski definition) is 4. The van der Waals surface area contributed by atoms with Crippen LogP contribution >= 0.6 is 0 Å². The Balaban J connectivity index is 2.58. The predicted octanol–water partition coefficient (Wildman–Crippen LogP) is -0.359. The first-order valence-corrected chi connectivity index (χ1v) is 5.77. The Kier molecular flexibility index (Phi) is 4.53. The average molecular weight is 260 g/mol. The molecule has 1 saturated heterocycles. The molecule has 0 aromatic rings. The fourth-order valence-electron chi connectivity index (χ4n) is 1.73. The topological polar surface area (TPSA) is 99.1 Å². The summed E-state index contributed by atoms with van der Waals surface area (Å²) in [5, 5.41) is 21.0. The second-order valence-electron chi connectivity index (χ2n) is 5.02. The summed E-state index contributed by atoms with van der Waals surface area (Å²) in [5.41, 5.74) is -0.521. The van der Waals surface area contributed by atoms with E-state index in [1.807, 2.05) is 0 Å². The number of carbonyl (C=O) groups excluding carboxylic acids is 1. The van der Waals surface area contributed by atoms with Gasteiger partial charge in [-0.3, -0.25) is 0 Å². The zero-order valence-electron chi connectivity index (χ0n) is 10.8. The number of urea groups is 1. The molecule has 1 rings (SSSR count). The quantitative estimate of drug-likeness (QED) is 0.641. The summed E-state index contributed by atoms with van der Waals surface area (Å²) in [7, 11) is 1.53. The van der Waals surface area contributed by atoms with Gasteiger partial charge in [-0.2, -0.15) is 0 Å². The summed E-state index contributed by atoms with van der Waals surface area (Å²) >= 11 is 0. The van der Waals surface area contributed by atoms with Crippen LogP contribution in [0.4, 0.5) is 4.79 Å². The number of carboxylic acids is 1. The molecule has 0 aliphatic carbocycles. The van der Waals surface area contributed by atoms with Gasteiger partial charge in [0, 0.05) is 26.6 Å². The molecule has 0 radical (unpaired) electrons. The molecular weight excluding hydrogens is 240 g/mol. The third-order valence-corrected chi connectivity index (χ3v) is 3.04. The maximum absolute atomic E-state index is 11.9. The number of amides is 2. The molecular formula is C11H20N2O5. The van der Waals surface area contributed by atoms with Crippen molar-refractivity contribution >= 4 is 12.0 Å². The number of methoxy groups -OCH3 is 1. The van der Waals surface area contributed by atoms with E-state index in [0.29, 0.717) is 0 Å². The van der Waals surface area contributed by atoms with Crippen molar-refractivity contribution in [1.29, 1.82) is 0 Å². The van der Waals surface area contributed by atoms with Crippen LogP contribution in [0.25, 0.3) is 0 Å². The van der Waals surface area contributed by atoms with Crippen LogP contribution in [0.2, 0.25) is 0 Å². The van der Waals surface area contributed by atoms with Gasteiger partial charge in [0.05, 0.1) is 11.7 Å². The van der Waals surface area contributed by atoms with Crippen molar-refractivity contribution in [2.24, 2.45) is 0 Å². The summed E-state index contributed by atoms with van der Waals surface area (Å²) in [5.74, 6) is -1.10. The van der Waals surface area contributed by atoms with Crippen molar-refractivity contribution in [2.75, 3.05) is 20.2 Å². The lowest BCUT2D eigenvalue weighted by Gasteiger charge is -2.26. The van der Waals surface area contributed by atoms with Crippen LogP contribution < -0.4 is 5.32 Å². The number of rotatable bonds is 4. The number of nitrogens with zero attached hydrogens (tertiary/aromatic N) is 1. The van der Waals surface area contributed by atoms with Gasteiger partial charge in [0.25, 0.3) is 0 Å². The van der Waals surface area contributed by atoms with Crippen molar-refractivity contribution in [2.45, 2.75) is 38.0 Å². The summed E-state index contributed by atoms with van der Waals surface area (Å²) in [6.45, 7) is 3.92. The first kappa shape index (κ1) is 14.7. The van der Waals surface area contributed by atoms with Crippen LogP contribution in [-0.2, 0) is 9.53 Å². The molecule has 0 saturated carbocycles. The molecule has 104 valence electrons. The van der Waals surface area contributed by atoms with Crippen LogP contribution in [0.1, 0.15) is 20.3 Å². The summed E-state index contributed by atoms with van der Waals surface area (Å²) in [6, 6.07) is -1.46. The number of nitrogens with one attached hydrogen (secondary N) is 1. The van der Waals surface area contributed by atoms with E-state index in [4.69, 9.17) is 9.84 Å². The Hall–Kier alpha value is -1.34. The third kappa shape index (κ3) is 3.58. The lowest BCUT2D eigenvalue weighted by molar-refractivity contribution is -0.141. The standard InChI is InChI=1S/C11H20N2O5/c1-11(2,18-3)6-12-10(17)13-5-7(14)4-8(13)9(15)16/h7-8,14H,4-6H2,1-3H3,(H,12,17)(H,15,16)/t7-,8+/m1/s1. The van der Waals surface area contributed by atoms with Crippen LogP contribution in [-0.4, -0.2) is 65.1 Å². The highest BCUT2D eigenvalue weighted by atomic mass is 16.5. The molecule has 7 nitrogen and oxygen atoms in total. The summed E-state index contributed by atoms with van der Waals surface area (Å²) in [6.07, 6.45) is -0.719. The minimum Gasteiger partial charge on any atom is -0.480 e. The smallest absolute Gasteiger partial charge is 0.326 e. The number of aliphatic hydroxyl groups excluding tert-OH is 1. The molecule has 18 heavy (non-hydrogen) atoms. The molecule has 2 amide bonds. The Bertz CT molecular complexity index is 331.